The SMILES string of the molecule is O=C(NCCCO)c1ncn[nH]1. The van der Waals surface area contributed by atoms with E-state index in [4.69, 9.17) is 5.11 Å². The highest BCUT2D eigenvalue weighted by Gasteiger charge is 2.05. The van der Waals surface area contributed by atoms with Crippen LogP contribution in [0.5, 0.6) is 0 Å². The Hall–Kier alpha value is -1.43. The molecule has 1 rings (SSSR count). The van der Waals surface area contributed by atoms with Gasteiger partial charge < -0.3 is 10.4 Å². The van der Waals surface area contributed by atoms with Gasteiger partial charge in [-0.05, 0) is 6.42 Å². The van der Waals surface area contributed by atoms with Crippen molar-refractivity contribution >= 4 is 5.91 Å². The van der Waals surface area contributed by atoms with E-state index in [1.807, 2.05) is 0 Å². The lowest BCUT2D eigenvalue weighted by Gasteiger charge is -1.99. The number of aromatic amines is 1. The number of rotatable bonds is 4. The average Bonchev–Trinajstić information content (AvgIpc) is 2.56. The van der Waals surface area contributed by atoms with E-state index in [1.165, 1.54) is 6.33 Å². The van der Waals surface area contributed by atoms with Crippen molar-refractivity contribution in [2.24, 2.45) is 0 Å². The van der Waals surface area contributed by atoms with Crippen LogP contribution in [0.4, 0.5) is 0 Å². The summed E-state index contributed by atoms with van der Waals surface area (Å²) in [6.07, 6.45) is 1.81. The lowest BCUT2D eigenvalue weighted by atomic mass is 10.4. The molecule has 0 spiro atoms. The van der Waals surface area contributed by atoms with Gasteiger partial charge in [0.1, 0.15) is 6.33 Å². The van der Waals surface area contributed by atoms with Gasteiger partial charge in [0.15, 0.2) is 0 Å². The topological polar surface area (TPSA) is 90.9 Å². The van der Waals surface area contributed by atoms with Crippen molar-refractivity contribution in [2.75, 3.05) is 13.2 Å². The molecule has 3 N–H and O–H groups in total. The molecule has 0 saturated heterocycles. The molecule has 0 aromatic carbocycles. The Labute approximate surface area is 69.0 Å². The van der Waals surface area contributed by atoms with E-state index in [-0.39, 0.29) is 18.3 Å². The van der Waals surface area contributed by atoms with Crippen LogP contribution < -0.4 is 5.32 Å². The number of aliphatic hydroxyl groups excluding tert-OH is 1. The average molecular weight is 170 g/mol. The lowest BCUT2D eigenvalue weighted by Crippen LogP contribution is -2.26. The minimum absolute atomic E-state index is 0.0662. The number of hydrogen-bond donors (Lipinski definition) is 3. The highest BCUT2D eigenvalue weighted by molar-refractivity contribution is 5.90. The quantitative estimate of drug-likeness (QED) is 0.501. The van der Waals surface area contributed by atoms with E-state index < -0.39 is 0 Å². The first-order chi connectivity index (χ1) is 5.84. The first-order valence-corrected chi connectivity index (χ1v) is 3.59. The maximum absolute atomic E-state index is 11.1. The minimum atomic E-state index is -0.305. The Morgan fingerprint density at radius 1 is 1.75 bits per heavy atom. The molecule has 0 saturated carbocycles. The van der Waals surface area contributed by atoms with Crippen LogP contribution >= 0.6 is 0 Å². The Bertz CT molecular complexity index is 234. The zero-order valence-corrected chi connectivity index (χ0v) is 6.45. The van der Waals surface area contributed by atoms with Crippen molar-refractivity contribution in [1.82, 2.24) is 20.5 Å². The van der Waals surface area contributed by atoms with Crippen LogP contribution in [0.25, 0.3) is 0 Å². The third-order valence-electron chi connectivity index (χ3n) is 1.25. The summed E-state index contributed by atoms with van der Waals surface area (Å²) >= 11 is 0. The number of aromatic nitrogens is 3. The summed E-state index contributed by atoms with van der Waals surface area (Å²) in [6.45, 7) is 0.507. The summed E-state index contributed by atoms with van der Waals surface area (Å²) < 4.78 is 0. The highest BCUT2D eigenvalue weighted by atomic mass is 16.3. The molecule has 0 atom stereocenters. The van der Waals surface area contributed by atoms with Crippen LogP contribution in [-0.4, -0.2) is 39.3 Å². The van der Waals surface area contributed by atoms with Crippen molar-refractivity contribution < 1.29 is 9.90 Å². The van der Waals surface area contributed by atoms with Gasteiger partial charge in [-0.3, -0.25) is 9.89 Å². The summed E-state index contributed by atoms with van der Waals surface area (Å²) in [6, 6.07) is 0. The van der Waals surface area contributed by atoms with Gasteiger partial charge in [0.2, 0.25) is 5.82 Å². The van der Waals surface area contributed by atoms with Crippen LogP contribution in [-0.2, 0) is 0 Å². The summed E-state index contributed by atoms with van der Waals surface area (Å²) in [5.74, 6) is -0.117. The standard InChI is InChI=1S/C6H10N4O2/c11-3-1-2-7-6(12)5-8-4-9-10-5/h4,11H,1-3H2,(H,7,12)(H,8,9,10). The predicted octanol–water partition coefficient (Wildman–Crippen LogP) is -1.08. The number of H-pyrrole nitrogens is 1. The maximum Gasteiger partial charge on any atom is 0.288 e. The Kier molecular flexibility index (Phi) is 3.21. The number of nitrogens with zero attached hydrogens (tertiary/aromatic N) is 2. The van der Waals surface area contributed by atoms with Crippen LogP contribution in [0, 0.1) is 0 Å². The molecule has 1 heterocycles. The molecule has 6 nitrogen and oxygen atoms in total. The van der Waals surface area contributed by atoms with E-state index in [0.29, 0.717) is 13.0 Å². The zero-order chi connectivity index (χ0) is 8.81. The normalized spacial score (nSPS) is 9.75. The second-order valence-electron chi connectivity index (χ2n) is 2.17. The molecule has 1 amide bonds. The predicted molar refractivity (Wildman–Crippen MR) is 40.4 cm³/mol. The van der Waals surface area contributed by atoms with E-state index in [1.54, 1.807) is 0 Å². The Balaban J connectivity index is 2.30. The van der Waals surface area contributed by atoms with E-state index in [2.05, 4.69) is 20.5 Å². The highest BCUT2D eigenvalue weighted by Crippen LogP contribution is 1.84. The summed E-state index contributed by atoms with van der Waals surface area (Å²) in [4.78, 5) is 14.7. The number of amides is 1. The molecule has 1 aromatic rings. The zero-order valence-electron chi connectivity index (χ0n) is 6.45. The van der Waals surface area contributed by atoms with Gasteiger partial charge in [0.05, 0.1) is 0 Å². The third kappa shape index (κ3) is 2.31. The molecule has 0 aliphatic heterocycles. The first kappa shape index (κ1) is 8.66. The van der Waals surface area contributed by atoms with Crippen LogP contribution in [0.2, 0.25) is 0 Å². The van der Waals surface area contributed by atoms with Gasteiger partial charge in [-0.2, -0.15) is 5.10 Å². The Morgan fingerprint density at radius 3 is 3.17 bits per heavy atom. The third-order valence-corrected chi connectivity index (χ3v) is 1.25. The molecule has 0 aliphatic rings. The number of carbonyl (C=O) groups is 1. The minimum Gasteiger partial charge on any atom is -0.396 e. The number of carbonyl (C=O) groups excluding carboxylic acids is 1. The van der Waals surface area contributed by atoms with Gasteiger partial charge in [0, 0.05) is 13.2 Å². The first-order valence-electron chi connectivity index (χ1n) is 3.59. The fourth-order valence-corrected chi connectivity index (χ4v) is 0.680. The molecule has 0 aliphatic carbocycles. The number of nitrogens with one attached hydrogen (secondary N) is 2. The molecule has 0 unspecified atom stereocenters. The molecular formula is C6H10N4O2. The van der Waals surface area contributed by atoms with E-state index in [0.717, 1.165) is 0 Å². The second kappa shape index (κ2) is 4.45. The summed E-state index contributed by atoms with van der Waals surface area (Å²) in [5.41, 5.74) is 0. The molecular weight excluding hydrogens is 160 g/mol. The van der Waals surface area contributed by atoms with Gasteiger partial charge in [-0.1, -0.05) is 0 Å². The molecule has 1 aromatic heterocycles. The van der Waals surface area contributed by atoms with Crippen LogP contribution in [0.1, 0.15) is 17.0 Å². The summed E-state index contributed by atoms with van der Waals surface area (Å²) in [5, 5.41) is 16.9. The molecule has 0 fully saturated rings. The second-order valence-corrected chi connectivity index (χ2v) is 2.17. The van der Waals surface area contributed by atoms with E-state index in [9.17, 15) is 4.79 Å². The van der Waals surface area contributed by atoms with Crippen molar-refractivity contribution in [3.8, 4) is 0 Å². The van der Waals surface area contributed by atoms with Gasteiger partial charge in [-0.15, -0.1) is 0 Å². The molecule has 6 heteroatoms. The fraction of sp³-hybridized carbons (Fsp3) is 0.500. The molecule has 12 heavy (non-hydrogen) atoms. The van der Waals surface area contributed by atoms with Crippen molar-refractivity contribution in [2.45, 2.75) is 6.42 Å². The smallest absolute Gasteiger partial charge is 0.288 e. The lowest BCUT2D eigenvalue weighted by molar-refractivity contribution is 0.0941. The largest absolute Gasteiger partial charge is 0.396 e. The Morgan fingerprint density at radius 2 is 2.58 bits per heavy atom. The van der Waals surface area contributed by atoms with Crippen molar-refractivity contribution in [3.63, 3.8) is 0 Å². The summed E-state index contributed by atoms with van der Waals surface area (Å²) in [7, 11) is 0. The molecule has 0 bridgehead atoms. The van der Waals surface area contributed by atoms with Gasteiger partial charge >= 0.3 is 0 Å². The fourth-order valence-electron chi connectivity index (χ4n) is 0.680. The molecule has 66 valence electrons. The van der Waals surface area contributed by atoms with E-state index >= 15 is 0 Å². The van der Waals surface area contributed by atoms with Crippen molar-refractivity contribution in [3.05, 3.63) is 12.2 Å². The number of hydrogen-bond acceptors (Lipinski definition) is 4. The van der Waals surface area contributed by atoms with Crippen molar-refractivity contribution in [1.29, 1.82) is 0 Å². The monoisotopic (exact) mass is 170 g/mol. The van der Waals surface area contributed by atoms with Crippen LogP contribution in [0.15, 0.2) is 6.33 Å². The van der Waals surface area contributed by atoms with Gasteiger partial charge in [-0.25, -0.2) is 4.98 Å². The van der Waals surface area contributed by atoms with Gasteiger partial charge in [0.25, 0.3) is 5.91 Å². The van der Waals surface area contributed by atoms with Crippen LogP contribution in [0.3, 0.4) is 0 Å². The molecule has 0 radical (unpaired) electrons. The number of aliphatic hydroxyl groups is 1. The maximum atomic E-state index is 11.1.